The van der Waals surface area contributed by atoms with Crippen molar-refractivity contribution in [3.05, 3.63) is 41.1 Å². The van der Waals surface area contributed by atoms with Crippen molar-refractivity contribution in [2.75, 3.05) is 31.6 Å². The number of hydrogen-bond acceptors (Lipinski definition) is 6. The number of carbonyl (C=O) groups is 1. The minimum Gasteiger partial charge on any atom is -0.380 e. The Morgan fingerprint density at radius 2 is 2.00 bits per heavy atom. The number of nitrogens with zero attached hydrogens (tertiary/aromatic N) is 5. The summed E-state index contributed by atoms with van der Waals surface area (Å²) in [6.45, 7) is 0.360. The number of nitrogens with one attached hydrogen (secondary N) is 1. The van der Waals surface area contributed by atoms with Gasteiger partial charge in [-0.15, -0.1) is 0 Å². The van der Waals surface area contributed by atoms with Crippen LogP contribution in [0, 0.1) is 5.82 Å². The molecule has 0 radical (unpaired) electrons. The lowest BCUT2D eigenvalue weighted by Gasteiger charge is -2.19. The molecule has 0 unspecified atom stereocenters. The van der Waals surface area contributed by atoms with Gasteiger partial charge in [0.1, 0.15) is 18.1 Å². The van der Waals surface area contributed by atoms with Crippen LogP contribution in [0.2, 0.25) is 5.02 Å². The lowest BCUT2D eigenvalue weighted by atomic mass is 10.2. The fourth-order valence-electron chi connectivity index (χ4n) is 3.28. The molecule has 8 nitrogen and oxygen atoms in total. The van der Waals surface area contributed by atoms with Gasteiger partial charge < -0.3 is 15.0 Å². The standard InChI is InChI=1S/C19H17ClF4N6O2/c20-12-6-16(26-9-13(12)21)27-17-11-8-25-14(18(31)29-2-1-4-32-5-3-29)7-15(11)30(28-17)10-19(22,23)24/h6-9H,1-5,10H2,(H,26,27,28). The molecule has 1 saturated heterocycles. The Kier molecular flexibility index (Phi) is 6.15. The van der Waals surface area contributed by atoms with Gasteiger partial charge in [0.05, 0.1) is 28.7 Å². The van der Waals surface area contributed by atoms with Crippen LogP contribution in [-0.2, 0) is 11.3 Å². The normalized spacial score (nSPS) is 15.1. The van der Waals surface area contributed by atoms with Crippen LogP contribution in [0.25, 0.3) is 10.9 Å². The Hall–Kier alpha value is -2.99. The molecule has 1 aliphatic rings. The van der Waals surface area contributed by atoms with Crippen LogP contribution in [-0.4, -0.2) is 63.0 Å². The van der Waals surface area contributed by atoms with Crippen LogP contribution in [0.3, 0.4) is 0 Å². The summed E-state index contributed by atoms with van der Waals surface area (Å²) in [5.41, 5.74) is 0.0553. The van der Waals surface area contributed by atoms with Crippen molar-refractivity contribution >= 4 is 40.0 Å². The minimum atomic E-state index is -4.55. The molecule has 0 aliphatic carbocycles. The second-order valence-corrected chi connectivity index (χ2v) is 7.48. The van der Waals surface area contributed by atoms with E-state index in [1.165, 1.54) is 18.3 Å². The molecule has 0 bridgehead atoms. The fraction of sp³-hybridized carbons (Fsp3) is 0.368. The molecule has 13 heteroatoms. The van der Waals surface area contributed by atoms with Gasteiger partial charge in [-0.25, -0.2) is 9.37 Å². The van der Waals surface area contributed by atoms with Gasteiger partial charge in [-0.1, -0.05) is 11.6 Å². The SMILES string of the molecule is O=C(c1cc2c(cn1)c(Nc1cc(Cl)c(F)cn1)nn2CC(F)(F)F)N1CCCOCC1. The quantitative estimate of drug-likeness (QED) is 0.582. The first kappa shape index (κ1) is 22.2. The van der Waals surface area contributed by atoms with E-state index in [-0.39, 0.29) is 33.3 Å². The highest BCUT2D eigenvalue weighted by molar-refractivity contribution is 6.30. The number of anilines is 2. The average Bonchev–Trinajstić information content (AvgIpc) is 2.91. The smallest absolute Gasteiger partial charge is 0.380 e. The van der Waals surface area contributed by atoms with Crippen LogP contribution >= 0.6 is 11.6 Å². The summed E-state index contributed by atoms with van der Waals surface area (Å²) >= 11 is 5.74. The van der Waals surface area contributed by atoms with Crippen LogP contribution in [0.4, 0.5) is 29.2 Å². The first-order chi connectivity index (χ1) is 15.2. The summed E-state index contributed by atoms with van der Waals surface area (Å²) in [7, 11) is 0. The maximum atomic E-state index is 13.4. The summed E-state index contributed by atoms with van der Waals surface area (Å²) in [5, 5.41) is 6.72. The summed E-state index contributed by atoms with van der Waals surface area (Å²) in [6.07, 6.45) is -1.76. The third kappa shape index (κ3) is 4.91. The Morgan fingerprint density at radius 3 is 2.75 bits per heavy atom. The van der Waals surface area contributed by atoms with Gasteiger partial charge in [0.15, 0.2) is 11.6 Å². The molecule has 0 atom stereocenters. The molecule has 4 rings (SSSR count). The number of hydrogen-bond donors (Lipinski definition) is 1. The molecule has 3 aromatic heterocycles. The van der Waals surface area contributed by atoms with E-state index in [9.17, 15) is 22.4 Å². The molecular weight excluding hydrogens is 456 g/mol. The number of rotatable bonds is 4. The topological polar surface area (TPSA) is 85.2 Å². The van der Waals surface area contributed by atoms with E-state index in [4.69, 9.17) is 16.3 Å². The molecule has 32 heavy (non-hydrogen) atoms. The average molecular weight is 473 g/mol. The van der Waals surface area contributed by atoms with E-state index >= 15 is 0 Å². The zero-order valence-electron chi connectivity index (χ0n) is 16.5. The highest BCUT2D eigenvalue weighted by Crippen LogP contribution is 2.29. The maximum Gasteiger partial charge on any atom is 0.408 e. The van der Waals surface area contributed by atoms with Gasteiger partial charge in [0, 0.05) is 32.0 Å². The zero-order chi connectivity index (χ0) is 22.9. The Balaban J connectivity index is 1.72. The number of carbonyl (C=O) groups excluding carboxylic acids is 1. The van der Waals surface area contributed by atoms with Crippen molar-refractivity contribution in [1.82, 2.24) is 24.6 Å². The van der Waals surface area contributed by atoms with Gasteiger partial charge >= 0.3 is 6.18 Å². The number of aromatic nitrogens is 4. The van der Waals surface area contributed by atoms with E-state index in [1.807, 2.05) is 0 Å². The molecule has 170 valence electrons. The molecular formula is C19H17ClF4N6O2. The molecule has 4 heterocycles. The molecule has 1 N–H and O–H groups in total. The number of alkyl halides is 3. The lowest BCUT2D eigenvalue weighted by Crippen LogP contribution is -2.33. The van der Waals surface area contributed by atoms with Crippen LogP contribution in [0.1, 0.15) is 16.9 Å². The first-order valence-corrected chi connectivity index (χ1v) is 9.97. The Morgan fingerprint density at radius 1 is 1.19 bits per heavy atom. The number of ether oxygens (including phenoxy) is 1. The van der Waals surface area contributed by atoms with Gasteiger partial charge in [0.25, 0.3) is 5.91 Å². The number of pyridine rings is 2. The van der Waals surface area contributed by atoms with Crippen LogP contribution in [0.5, 0.6) is 0 Å². The van der Waals surface area contributed by atoms with Crippen molar-refractivity contribution in [3.63, 3.8) is 0 Å². The van der Waals surface area contributed by atoms with Crippen molar-refractivity contribution in [1.29, 1.82) is 0 Å². The second kappa shape index (κ2) is 8.87. The largest absolute Gasteiger partial charge is 0.408 e. The monoisotopic (exact) mass is 472 g/mol. The molecule has 3 aromatic rings. The first-order valence-electron chi connectivity index (χ1n) is 9.60. The summed E-state index contributed by atoms with van der Waals surface area (Å²) in [5.74, 6) is -1.05. The maximum absolute atomic E-state index is 13.4. The van der Waals surface area contributed by atoms with E-state index in [0.29, 0.717) is 32.7 Å². The van der Waals surface area contributed by atoms with Crippen molar-refractivity contribution in [2.45, 2.75) is 19.1 Å². The van der Waals surface area contributed by atoms with Crippen LogP contribution < -0.4 is 5.32 Å². The third-order valence-corrected chi connectivity index (χ3v) is 5.04. The zero-order valence-corrected chi connectivity index (χ0v) is 17.3. The van der Waals surface area contributed by atoms with E-state index in [2.05, 4.69) is 20.4 Å². The number of fused-ring (bicyclic) bond motifs is 1. The minimum absolute atomic E-state index is 0.00257. The van der Waals surface area contributed by atoms with Crippen molar-refractivity contribution in [3.8, 4) is 0 Å². The van der Waals surface area contributed by atoms with Gasteiger partial charge in [-0.05, 0) is 12.5 Å². The predicted molar refractivity (Wildman–Crippen MR) is 107 cm³/mol. The lowest BCUT2D eigenvalue weighted by molar-refractivity contribution is -0.141. The second-order valence-electron chi connectivity index (χ2n) is 7.07. The molecule has 0 aromatic carbocycles. The van der Waals surface area contributed by atoms with Crippen LogP contribution in [0.15, 0.2) is 24.5 Å². The molecule has 1 fully saturated rings. The highest BCUT2D eigenvalue weighted by atomic mass is 35.5. The molecule has 0 spiro atoms. The van der Waals surface area contributed by atoms with Gasteiger partial charge in [-0.3, -0.25) is 14.5 Å². The van der Waals surface area contributed by atoms with E-state index in [0.717, 1.165) is 10.9 Å². The molecule has 1 aliphatic heterocycles. The third-order valence-electron chi connectivity index (χ3n) is 4.75. The Labute approximate surface area is 184 Å². The number of amides is 1. The molecule has 1 amide bonds. The van der Waals surface area contributed by atoms with Crippen molar-refractivity contribution < 1.29 is 27.1 Å². The summed E-state index contributed by atoms with van der Waals surface area (Å²) < 4.78 is 58.8. The van der Waals surface area contributed by atoms with E-state index < -0.39 is 24.4 Å². The number of halogens is 5. The van der Waals surface area contributed by atoms with Gasteiger partial charge in [-0.2, -0.15) is 18.3 Å². The van der Waals surface area contributed by atoms with Crippen molar-refractivity contribution in [2.24, 2.45) is 0 Å². The summed E-state index contributed by atoms with van der Waals surface area (Å²) in [4.78, 5) is 22.3. The van der Waals surface area contributed by atoms with E-state index in [1.54, 1.807) is 4.90 Å². The Bertz CT molecular complexity index is 1140. The highest BCUT2D eigenvalue weighted by Gasteiger charge is 2.30. The van der Waals surface area contributed by atoms with Gasteiger partial charge in [0.2, 0.25) is 0 Å². The fourth-order valence-corrected chi connectivity index (χ4v) is 3.44. The summed E-state index contributed by atoms with van der Waals surface area (Å²) in [6, 6.07) is 2.45. The predicted octanol–water partition coefficient (Wildman–Crippen LogP) is 3.79. The molecule has 0 saturated carbocycles.